The molecule has 0 aromatic heterocycles. The van der Waals surface area contributed by atoms with Crippen LogP contribution in [-0.4, -0.2) is 33.0 Å². The van der Waals surface area contributed by atoms with Crippen molar-refractivity contribution >= 4 is 33.4 Å². The summed E-state index contributed by atoms with van der Waals surface area (Å²) in [5, 5.41) is 3.26. The van der Waals surface area contributed by atoms with Crippen LogP contribution in [0, 0.1) is 0 Å². The van der Waals surface area contributed by atoms with Gasteiger partial charge in [0.15, 0.2) is 6.29 Å². The van der Waals surface area contributed by atoms with Crippen LogP contribution < -0.4 is 5.32 Å². The molecule has 94 valence electrons. The lowest BCUT2D eigenvalue weighted by Gasteiger charge is -2.14. The van der Waals surface area contributed by atoms with Gasteiger partial charge in [-0.05, 0) is 34.1 Å². The second-order valence-corrected chi connectivity index (χ2v) is 4.50. The molecule has 0 saturated heterocycles. The lowest BCUT2D eigenvalue weighted by Crippen LogP contribution is -2.34. The Morgan fingerprint density at radius 1 is 1.47 bits per heavy atom. The molecule has 1 N–H and O–H groups in total. The van der Waals surface area contributed by atoms with E-state index in [1.54, 1.807) is 18.2 Å². The number of hydrogen-bond donors (Lipinski definition) is 1. The maximum absolute atomic E-state index is 11.8. The molecule has 0 atom stereocenters. The fourth-order valence-electron chi connectivity index (χ4n) is 1.18. The van der Waals surface area contributed by atoms with Gasteiger partial charge in [-0.1, -0.05) is 11.6 Å². The van der Waals surface area contributed by atoms with Crippen molar-refractivity contribution in [3.63, 3.8) is 0 Å². The predicted octanol–water partition coefficient (Wildman–Crippen LogP) is 2.45. The van der Waals surface area contributed by atoms with Crippen LogP contribution in [0.2, 0.25) is 5.02 Å². The minimum absolute atomic E-state index is 0.207. The van der Waals surface area contributed by atoms with E-state index in [0.717, 1.165) is 0 Å². The van der Waals surface area contributed by atoms with Crippen LogP contribution in [0.1, 0.15) is 10.4 Å². The maximum Gasteiger partial charge on any atom is 0.251 e. The molecule has 0 bridgehead atoms. The van der Waals surface area contributed by atoms with Gasteiger partial charge in [0, 0.05) is 24.3 Å². The molecule has 0 fully saturated rings. The van der Waals surface area contributed by atoms with Gasteiger partial charge < -0.3 is 14.8 Å². The first-order valence-electron chi connectivity index (χ1n) is 4.87. The summed E-state index contributed by atoms with van der Waals surface area (Å²) in [7, 11) is 3.03. The summed E-state index contributed by atoms with van der Waals surface area (Å²) in [5.41, 5.74) is 0.521. The number of amides is 1. The second-order valence-electron chi connectivity index (χ2n) is 3.24. The molecule has 1 rings (SSSR count). The third-order valence-corrected chi connectivity index (χ3v) is 3.35. The van der Waals surface area contributed by atoms with Gasteiger partial charge in [-0.3, -0.25) is 4.79 Å². The molecule has 1 aromatic rings. The minimum Gasteiger partial charge on any atom is -0.354 e. The first-order chi connectivity index (χ1) is 8.08. The number of hydrogen-bond acceptors (Lipinski definition) is 3. The molecule has 0 aliphatic heterocycles. The average molecular weight is 323 g/mol. The van der Waals surface area contributed by atoms with Crippen LogP contribution in [0.4, 0.5) is 0 Å². The third kappa shape index (κ3) is 4.27. The van der Waals surface area contributed by atoms with Gasteiger partial charge in [0.05, 0.1) is 11.6 Å². The van der Waals surface area contributed by atoms with E-state index in [-0.39, 0.29) is 12.5 Å². The topological polar surface area (TPSA) is 47.6 Å². The summed E-state index contributed by atoms with van der Waals surface area (Å²) in [6.07, 6.45) is -0.449. The number of methoxy groups -OCH3 is 2. The first kappa shape index (κ1) is 14.4. The molecule has 4 nitrogen and oxygen atoms in total. The van der Waals surface area contributed by atoms with Crippen molar-refractivity contribution in [1.82, 2.24) is 5.32 Å². The van der Waals surface area contributed by atoms with E-state index in [9.17, 15) is 4.79 Å². The average Bonchev–Trinajstić information content (AvgIpc) is 2.33. The van der Waals surface area contributed by atoms with Crippen molar-refractivity contribution in [3.8, 4) is 0 Å². The normalized spacial score (nSPS) is 10.6. The third-order valence-electron chi connectivity index (χ3n) is 2.14. The summed E-state index contributed by atoms with van der Waals surface area (Å²) in [5.74, 6) is -0.207. The highest BCUT2D eigenvalue weighted by molar-refractivity contribution is 9.10. The van der Waals surface area contributed by atoms with Crippen molar-refractivity contribution in [2.45, 2.75) is 6.29 Å². The Balaban J connectivity index is 2.61. The number of halogens is 2. The number of ether oxygens (including phenoxy) is 2. The van der Waals surface area contributed by atoms with E-state index in [4.69, 9.17) is 21.1 Å². The molecule has 1 amide bonds. The Hall–Kier alpha value is -0.620. The van der Waals surface area contributed by atoms with Crippen LogP contribution in [0.15, 0.2) is 22.7 Å². The van der Waals surface area contributed by atoms with Crippen LogP contribution in [0.5, 0.6) is 0 Å². The Bertz CT molecular complexity index is 396. The van der Waals surface area contributed by atoms with E-state index in [2.05, 4.69) is 21.2 Å². The number of benzene rings is 1. The molecule has 0 aliphatic rings. The van der Waals surface area contributed by atoms with Crippen LogP contribution in [0.25, 0.3) is 0 Å². The van der Waals surface area contributed by atoms with E-state index in [1.807, 2.05) is 0 Å². The molecule has 0 saturated carbocycles. The zero-order chi connectivity index (χ0) is 12.8. The Kier molecular flexibility index (Phi) is 5.91. The van der Waals surface area contributed by atoms with Crippen molar-refractivity contribution in [2.24, 2.45) is 0 Å². The largest absolute Gasteiger partial charge is 0.354 e. The highest BCUT2D eigenvalue weighted by Gasteiger charge is 2.10. The van der Waals surface area contributed by atoms with E-state index in [1.165, 1.54) is 14.2 Å². The van der Waals surface area contributed by atoms with Crippen molar-refractivity contribution in [1.29, 1.82) is 0 Å². The monoisotopic (exact) mass is 321 g/mol. The smallest absolute Gasteiger partial charge is 0.251 e. The van der Waals surface area contributed by atoms with Gasteiger partial charge >= 0.3 is 0 Å². The lowest BCUT2D eigenvalue weighted by atomic mass is 10.2. The summed E-state index contributed by atoms with van der Waals surface area (Å²) in [6.45, 7) is 0.284. The summed E-state index contributed by atoms with van der Waals surface area (Å²) < 4.78 is 10.6. The summed E-state index contributed by atoms with van der Waals surface area (Å²) in [4.78, 5) is 11.8. The van der Waals surface area contributed by atoms with Crippen molar-refractivity contribution in [3.05, 3.63) is 33.3 Å². The van der Waals surface area contributed by atoms with E-state index >= 15 is 0 Å². The van der Waals surface area contributed by atoms with Gasteiger partial charge in [0.2, 0.25) is 0 Å². The quantitative estimate of drug-likeness (QED) is 0.847. The molecular formula is C11H13BrClNO3. The van der Waals surface area contributed by atoms with Crippen LogP contribution >= 0.6 is 27.5 Å². The van der Waals surface area contributed by atoms with Gasteiger partial charge in [0.1, 0.15) is 0 Å². The number of rotatable bonds is 5. The van der Waals surface area contributed by atoms with Gasteiger partial charge in [-0.25, -0.2) is 0 Å². The molecule has 0 radical (unpaired) electrons. The van der Waals surface area contributed by atoms with E-state index in [0.29, 0.717) is 15.1 Å². The Labute approximate surface area is 113 Å². The van der Waals surface area contributed by atoms with Crippen molar-refractivity contribution < 1.29 is 14.3 Å². The molecular weight excluding hydrogens is 309 g/mol. The zero-order valence-corrected chi connectivity index (χ0v) is 11.8. The standard InChI is InChI=1S/C11H13BrClNO3/c1-16-10(17-2)6-14-11(15)7-3-4-9(13)8(12)5-7/h3-5,10H,6H2,1-2H3,(H,14,15). The number of carbonyl (C=O) groups is 1. The second kappa shape index (κ2) is 6.96. The maximum atomic E-state index is 11.8. The zero-order valence-electron chi connectivity index (χ0n) is 9.50. The first-order valence-corrected chi connectivity index (χ1v) is 6.04. The minimum atomic E-state index is -0.449. The fraction of sp³-hybridized carbons (Fsp3) is 0.364. The van der Waals surface area contributed by atoms with Crippen molar-refractivity contribution in [2.75, 3.05) is 20.8 Å². The van der Waals surface area contributed by atoms with Gasteiger partial charge in [-0.15, -0.1) is 0 Å². The predicted molar refractivity (Wildman–Crippen MR) is 69.3 cm³/mol. The molecule has 17 heavy (non-hydrogen) atoms. The van der Waals surface area contributed by atoms with Crippen LogP contribution in [0.3, 0.4) is 0 Å². The van der Waals surface area contributed by atoms with E-state index < -0.39 is 6.29 Å². The number of nitrogens with one attached hydrogen (secondary N) is 1. The Morgan fingerprint density at radius 3 is 2.65 bits per heavy atom. The highest BCUT2D eigenvalue weighted by atomic mass is 79.9. The molecule has 0 spiro atoms. The van der Waals surface area contributed by atoms with Crippen LogP contribution in [-0.2, 0) is 9.47 Å². The van der Waals surface area contributed by atoms with Gasteiger partial charge in [0.25, 0.3) is 5.91 Å². The summed E-state index contributed by atoms with van der Waals surface area (Å²) >= 11 is 9.10. The molecule has 0 unspecified atom stereocenters. The SMILES string of the molecule is COC(CNC(=O)c1ccc(Cl)c(Br)c1)OC. The molecule has 6 heteroatoms. The van der Waals surface area contributed by atoms with Gasteiger partial charge in [-0.2, -0.15) is 0 Å². The Morgan fingerprint density at radius 2 is 2.12 bits per heavy atom. The summed E-state index contributed by atoms with van der Waals surface area (Å²) in [6, 6.07) is 4.97. The number of carbonyl (C=O) groups excluding carboxylic acids is 1. The molecule has 0 heterocycles. The molecule has 1 aromatic carbocycles. The fourth-order valence-corrected chi connectivity index (χ4v) is 1.67. The highest BCUT2D eigenvalue weighted by Crippen LogP contribution is 2.23. The lowest BCUT2D eigenvalue weighted by molar-refractivity contribution is -0.0974. The molecule has 0 aliphatic carbocycles.